The van der Waals surface area contributed by atoms with Crippen LogP contribution in [0.2, 0.25) is 0 Å². The maximum atomic E-state index is 13.5. The smallest absolute Gasteiger partial charge is 0.415 e. The molecule has 5 rings (SSSR count). The molecule has 0 bridgehead atoms. The fourth-order valence-electron chi connectivity index (χ4n) is 4.65. The van der Waals surface area contributed by atoms with Gasteiger partial charge in [-0.25, -0.2) is 4.79 Å². The summed E-state index contributed by atoms with van der Waals surface area (Å²) < 4.78 is 16.9. The van der Waals surface area contributed by atoms with E-state index in [4.69, 9.17) is 14.2 Å². The van der Waals surface area contributed by atoms with Gasteiger partial charge in [0.2, 0.25) is 6.79 Å². The molecule has 6 nitrogen and oxygen atoms in total. The van der Waals surface area contributed by atoms with Crippen LogP contribution in [0.15, 0.2) is 60.7 Å². The van der Waals surface area contributed by atoms with E-state index in [-0.39, 0.29) is 18.3 Å². The molecule has 36 heavy (non-hydrogen) atoms. The second-order valence-corrected chi connectivity index (χ2v) is 10.5. The first-order chi connectivity index (χ1) is 17.4. The molecular weight excluding hydrogens is 452 g/mol. The molecule has 3 aromatic rings. The summed E-state index contributed by atoms with van der Waals surface area (Å²) in [6, 6.07) is 20.3. The average Bonchev–Trinajstić information content (AvgIpc) is 3.34. The molecule has 188 valence electrons. The molecule has 0 spiro atoms. The fourth-order valence-corrected chi connectivity index (χ4v) is 4.65. The number of aryl methyl sites for hydroxylation is 1. The highest BCUT2D eigenvalue weighted by Gasteiger charge is 2.22. The third kappa shape index (κ3) is 5.43. The SMILES string of the molecule is CC(C)(C)c1ccc(CN(CCc2ccc3c(c2)OCO3)C(=O)Oc2cccc3c2NCCC3)cc1. The van der Waals surface area contributed by atoms with Crippen LogP contribution in [0.25, 0.3) is 0 Å². The lowest BCUT2D eigenvalue weighted by atomic mass is 9.87. The second-order valence-electron chi connectivity index (χ2n) is 10.5. The zero-order valence-corrected chi connectivity index (χ0v) is 21.3. The second kappa shape index (κ2) is 10.1. The number of hydrogen-bond donors (Lipinski definition) is 1. The Morgan fingerprint density at radius 3 is 2.58 bits per heavy atom. The number of fused-ring (bicyclic) bond motifs is 2. The summed E-state index contributed by atoms with van der Waals surface area (Å²) in [6.45, 7) is 8.72. The van der Waals surface area contributed by atoms with Crippen molar-refractivity contribution in [2.24, 2.45) is 0 Å². The van der Waals surface area contributed by atoms with Gasteiger partial charge in [0, 0.05) is 19.6 Å². The van der Waals surface area contributed by atoms with E-state index >= 15 is 0 Å². The standard InChI is InChI=1S/C30H34N2O4/c1-30(2,3)24-12-9-22(10-13-24)19-32(17-15-21-11-14-25-27(18-21)35-20-34-25)29(33)36-26-8-4-6-23-7-5-16-31-28(23)26/h4,6,8-14,18,31H,5,7,15-17,19-20H2,1-3H3. The normalized spacial score (nSPS) is 14.1. The number of carbonyl (C=O) groups excluding carboxylic acids is 1. The highest BCUT2D eigenvalue weighted by Crippen LogP contribution is 2.34. The first kappa shape index (κ1) is 24.0. The number of hydrogen-bond acceptors (Lipinski definition) is 5. The summed E-state index contributed by atoms with van der Waals surface area (Å²) in [5.41, 5.74) is 5.62. The van der Waals surface area contributed by atoms with Gasteiger partial charge in [0.15, 0.2) is 17.2 Å². The van der Waals surface area contributed by atoms with Crippen LogP contribution >= 0.6 is 0 Å². The van der Waals surface area contributed by atoms with Crippen molar-refractivity contribution >= 4 is 11.8 Å². The van der Waals surface area contributed by atoms with Crippen molar-refractivity contribution in [3.63, 3.8) is 0 Å². The highest BCUT2D eigenvalue weighted by molar-refractivity contribution is 5.75. The predicted octanol–water partition coefficient (Wildman–Crippen LogP) is 6.31. The Morgan fingerprint density at radius 2 is 1.78 bits per heavy atom. The number of rotatable bonds is 6. The summed E-state index contributed by atoms with van der Waals surface area (Å²) in [6.07, 6.45) is 2.39. The van der Waals surface area contributed by atoms with Crippen LogP contribution in [-0.4, -0.2) is 30.9 Å². The van der Waals surface area contributed by atoms with E-state index in [2.05, 4.69) is 56.4 Å². The lowest BCUT2D eigenvalue weighted by Gasteiger charge is -2.25. The Labute approximate surface area is 213 Å². The van der Waals surface area contributed by atoms with Gasteiger partial charge in [0.1, 0.15) is 0 Å². The maximum absolute atomic E-state index is 13.5. The van der Waals surface area contributed by atoms with Crippen molar-refractivity contribution in [1.29, 1.82) is 0 Å². The molecule has 0 unspecified atom stereocenters. The number of ether oxygens (including phenoxy) is 3. The van der Waals surface area contributed by atoms with Gasteiger partial charge in [0.25, 0.3) is 0 Å². The van der Waals surface area contributed by atoms with Crippen molar-refractivity contribution in [3.8, 4) is 17.2 Å². The van der Waals surface area contributed by atoms with Crippen molar-refractivity contribution in [3.05, 3.63) is 82.9 Å². The van der Waals surface area contributed by atoms with Gasteiger partial charge in [-0.2, -0.15) is 0 Å². The van der Waals surface area contributed by atoms with Crippen LogP contribution in [0, 0.1) is 0 Å². The third-order valence-electron chi connectivity index (χ3n) is 6.79. The quantitative estimate of drug-likeness (QED) is 0.442. The lowest BCUT2D eigenvalue weighted by Crippen LogP contribution is -2.35. The van der Waals surface area contributed by atoms with Crippen molar-refractivity contribution in [1.82, 2.24) is 4.90 Å². The van der Waals surface area contributed by atoms with E-state index in [0.717, 1.165) is 47.7 Å². The Morgan fingerprint density at radius 1 is 1.00 bits per heavy atom. The molecule has 0 radical (unpaired) electrons. The number of nitrogens with zero attached hydrogens (tertiary/aromatic N) is 1. The Kier molecular flexibility index (Phi) is 6.77. The minimum Gasteiger partial charge on any atom is -0.454 e. The van der Waals surface area contributed by atoms with Gasteiger partial charge in [-0.15, -0.1) is 0 Å². The molecule has 0 fully saturated rings. The van der Waals surface area contributed by atoms with Gasteiger partial charge in [-0.3, -0.25) is 0 Å². The zero-order chi connectivity index (χ0) is 25.1. The first-order valence-corrected chi connectivity index (χ1v) is 12.7. The van der Waals surface area contributed by atoms with Crippen LogP contribution in [0.3, 0.4) is 0 Å². The summed E-state index contributed by atoms with van der Waals surface area (Å²) in [5, 5.41) is 3.41. The molecular formula is C30H34N2O4. The minimum atomic E-state index is -0.351. The van der Waals surface area contributed by atoms with Crippen LogP contribution < -0.4 is 19.5 Å². The summed E-state index contributed by atoms with van der Waals surface area (Å²) in [7, 11) is 0. The number of carbonyl (C=O) groups is 1. The van der Waals surface area contributed by atoms with Crippen LogP contribution in [-0.2, 0) is 24.8 Å². The van der Waals surface area contributed by atoms with Gasteiger partial charge >= 0.3 is 6.09 Å². The zero-order valence-electron chi connectivity index (χ0n) is 21.3. The average molecular weight is 487 g/mol. The monoisotopic (exact) mass is 486 g/mol. The summed E-state index contributed by atoms with van der Waals surface area (Å²) in [5.74, 6) is 2.10. The molecule has 1 N–H and O–H groups in total. The largest absolute Gasteiger partial charge is 0.454 e. The minimum absolute atomic E-state index is 0.0793. The van der Waals surface area contributed by atoms with E-state index in [1.165, 1.54) is 11.1 Å². The number of para-hydroxylation sites is 1. The number of benzene rings is 3. The lowest BCUT2D eigenvalue weighted by molar-refractivity contribution is 0.150. The summed E-state index contributed by atoms with van der Waals surface area (Å²) in [4.78, 5) is 15.2. The Bertz CT molecular complexity index is 1230. The van der Waals surface area contributed by atoms with Crippen LogP contribution in [0.1, 0.15) is 49.4 Å². The van der Waals surface area contributed by atoms with E-state index in [9.17, 15) is 4.79 Å². The molecule has 0 saturated carbocycles. The number of anilines is 1. The molecule has 0 atom stereocenters. The van der Waals surface area contributed by atoms with Crippen LogP contribution in [0.5, 0.6) is 17.2 Å². The van der Waals surface area contributed by atoms with E-state index in [0.29, 0.717) is 25.3 Å². The predicted molar refractivity (Wildman–Crippen MR) is 141 cm³/mol. The Hall–Kier alpha value is -3.67. The maximum Gasteiger partial charge on any atom is 0.415 e. The molecule has 2 aliphatic rings. The fraction of sp³-hybridized carbons (Fsp3) is 0.367. The van der Waals surface area contributed by atoms with E-state index in [1.54, 1.807) is 4.90 Å². The molecule has 6 heteroatoms. The Balaban J connectivity index is 1.34. The molecule has 3 aromatic carbocycles. The highest BCUT2D eigenvalue weighted by atomic mass is 16.7. The molecule has 0 saturated heterocycles. The number of nitrogens with one attached hydrogen (secondary N) is 1. The third-order valence-corrected chi connectivity index (χ3v) is 6.79. The molecule has 0 aromatic heterocycles. The molecule has 0 aliphatic carbocycles. The van der Waals surface area contributed by atoms with Gasteiger partial charge in [-0.1, -0.05) is 63.2 Å². The van der Waals surface area contributed by atoms with Crippen molar-refractivity contribution in [2.75, 3.05) is 25.2 Å². The van der Waals surface area contributed by atoms with Crippen LogP contribution in [0.4, 0.5) is 10.5 Å². The topological polar surface area (TPSA) is 60.0 Å². The van der Waals surface area contributed by atoms with Gasteiger partial charge in [-0.05, 0) is 65.1 Å². The van der Waals surface area contributed by atoms with Gasteiger partial charge in [0.05, 0.1) is 5.69 Å². The van der Waals surface area contributed by atoms with E-state index in [1.807, 2.05) is 30.3 Å². The van der Waals surface area contributed by atoms with Crippen molar-refractivity contribution < 1.29 is 19.0 Å². The van der Waals surface area contributed by atoms with Gasteiger partial charge < -0.3 is 24.4 Å². The molecule has 1 amide bonds. The summed E-state index contributed by atoms with van der Waals surface area (Å²) >= 11 is 0. The number of amides is 1. The molecule has 2 heterocycles. The van der Waals surface area contributed by atoms with Crippen molar-refractivity contribution in [2.45, 2.75) is 52.0 Å². The first-order valence-electron chi connectivity index (χ1n) is 12.7. The van der Waals surface area contributed by atoms with E-state index < -0.39 is 0 Å². The molecule has 2 aliphatic heterocycles.